The predicted octanol–water partition coefficient (Wildman–Crippen LogP) is 3.73. The maximum absolute atomic E-state index is 12.5. The van der Waals surface area contributed by atoms with Crippen molar-refractivity contribution in [1.82, 2.24) is 4.90 Å². The molecule has 1 aromatic rings. The molecule has 1 heterocycles. The fourth-order valence-corrected chi connectivity index (χ4v) is 3.69. The molecule has 0 amide bonds. The highest BCUT2D eigenvalue weighted by atomic mass is 16.6. The first-order valence-corrected chi connectivity index (χ1v) is 9.33. The topological polar surface area (TPSA) is 55.8 Å². The van der Waals surface area contributed by atoms with Gasteiger partial charge >= 0.3 is 11.9 Å². The number of esters is 2. The summed E-state index contributed by atoms with van der Waals surface area (Å²) in [5.41, 5.74) is 0.691. The number of likely N-dealkylation sites (tertiary alicyclic amines) is 1. The summed E-state index contributed by atoms with van der Waals surface area (Å²) in [5, 5.41) is 0. The van der Waals surface area contributed by atoms with Crippen molar-refractivity contribution in [3.8, 4) is 0 Å². The van der Waals surface area contributed by atoms with Crippen LogP contribution in [0.25, 0.3) is 0 Å². The van der Waals surface area contributed by atoms with Crippen LogP contribution in [-0.2, 0) is 19.1 Å². The van der Waals surface area contributed by atoms with E-state index in [2.05, 4.69) is 24.0 Å². The zero-order valence-corrected chi connectivity index (χ0v) is 16.5. The number of hydrogen-bond acceptors (Lipinski definition) is 5. The van der Waals surface area contributed by atoms with E-state index in [9.17, 15) is 9.59 Å². The summed E-state index contributed by atoms with van der Waals surface area (Å²) >= 11 is 0. The van der Waals surface area contributed by atoms with Gasteiger partial charge in [-0.15, -0.1) is 0 Å². The molecule has 0 aromatic heterocycles. The zero-order chi connectivity index (χ0) is 19.3. The highest BCUT2D eigenvalue weighted by molar-refractivity contribution is 5.77. The first kappa shape index (κ1) is 20.4. The van der Waals surface area contributed by atoms with E-state index in [1.165, 1.54) is 12.7 Å². The second-order valence-corrected chi connectivity index (χ2v) is 7.97. The number of carbonyl (C=O) groups excluding carboxylic acids is 2. The van der Waals surface area contributed by atoms with E-state index in [-0.39, 0.29) is 29.9 Å². The number of carbonyl (C=O) groups is 2. The predicted molar refractivity (Wildman–Crippen MR) is 101 cm³/mol. The molecular weight excluding hydrogens is 330 g/mol. The summed E-state index contributed by atoms with van der Waals surface area (Å²) in [6, 6.07) is 9.95. The minimum atomic E-state index is -0.484. The van der Waals surface area contributed by atoms with E-state index in [4.69, 9.17) is 9.47 Å². The van der Waals surface area contributed by atoms with Crippen LogP contribution < -0.4 is 0 Å². The highest BCUT2D eigenvalue weighted by Crippen LogP contribution is 2.35. The van der Waals surface area contributed by atoms with Gasteiger partial charge in [-0.1, -0.05) is 30.3 Å². The second kappa shape index (κ2) is 8.67. The summed E-state index contributed by atoms with van der Waals surface area (Å²) < 4.78 is 10.5. The van der Waals surface area contributed by atoms with Gasteiger partial charge in [0.05, 0.1) is 7.11 Å². The van der Waals surface area contributed by atoms with Crippen LogP contribution >= 0.6 is 0 Å². The molecule has 1 aromatic carbocycles. The normalized spacial score (nSPS) is 22.0. The van der Waals surface area contributed by atoms with Crippen molar-refractivity contribution in [2.24, 2.45) is 5.92 Å². The van der Waals surface area contributed by atoms with E-state index in [0.29, 0.717) is 12.8 Å². The average Bonchev–Trinajstić information content (AvgIpc) is 3.01. The lowest BCUT2D eigenvalue weighted by Gasteiger charge is -2.31. The highest BCUT2D eigenvalue weighted by Gasteiger charge is 2.42. The van der Waals surface area contributed by atoms with E-state index in [0.717, 1.165) is 13.0 Å². The molecule has 26 heavy (non-hydrogen) atoms. The molecule has 0 radical (unpaired) electrons. The van der Waals surface area contributed by atoms with Crippen molar-refractivity contribution in [1.29, 1.82) is 0 Å². The van der Waals surface area contributed by atoms with Crippen LogP contribution in [0.4, 0.5) is 0 Å². The molecule has 0 aliphatic carbocycles. The van der Waals surface area contributed by atoms with Crippen LogP contribution in [0.2, 0.25) is 0 Å². The number of benzene rings is 1. The van der Waals surface area contributed by atoms with Gasteiger partial charge in [0.1, 0.15) is 11.6 Å². The van der Waals surface area contributed by atoms with E-state index in [1.807, 2.05) is 39.0 Å². The van der Waals surface area contributed by atoms with E-state index in [1.54, 1.807) is 0 Å². The summed E-state index contributed by atoms with van der Waals surface area (Å²) in [7, 11) is 1.43. The third-order valence-electron chi connectivity index (χ3n) is 4.92. The molecule has 0 unspecified atom stereocenters. The molecule has 0 bridgehead atoms. The molecule has 0 spiro atoms. The first-order chi connectivity index (χ1) is 12.2. The smallest absolute Gasteiger partial charge is 0.323 e. The van der Waals surface area contributed by atoms with Gasteiger partial charge in [-0.25, -0.2) is 0 Å². The van der Waals surface area contributed by atoms with Crippen LogP contribution in [0.5, 0.6) is 0 Å². The van der Waals surface area contributed by atoms with Gasteiger partial charge in [0.15, 0.2) is 0 Å². The molecule has 2 rings (SSSR count). The molecule has 144 valence electrons. The van der Waals surface area contributed by atoms with Crippen molar-refractivity contribution in [2.75, 3.05) is 13.7 Å². The molecule has 0 N–H and O–H groups in total. The molecule has 1 fully saturated rings. The van der Waals surface area contributed by atoms with Gasteiger partial charge < -0.3 is 9.47 Å². The molecular formula is C21H31NO4. The van der Waals surface area contributed by atoms with Crippen molar-refractivity contribution >= 4 is 11.9 Å². The van der Waals surface area contributed by atoms with Crippen molar-refractivity contribution in [3.63, 3.8) is 0 Å². The van der Waals surface area contributed by atoms with Crippen molar-refractivity contribution < 1.29 is 19.1 Å². The van der Waals surface area contributed by atoms with Gasteiger partial charge in [0.25, 0.3) is 0 Å². The number of methoxy groups -OCH3 is 1. The maximum atomic E-state index is 12.5. The van der Waals surface area contributed by atoms with Gasteiger partial charge in [-0.05, 0) is 58.6 Å². The summed E-state index contributed by atoms with van der Waals surface area (Å²) in [6.07, 6.45) is 1.83. The largest absolute Gasteiger partial charge is 0.468 e. The summed E-state index contributed by atoms with van der Waals surface area (Å²) in [5.74, 6) is -0.337. The maximum Gasteiger partial charge on any atom is 0.323 e. The Morgan fingerprint density at radius 2 is 1.88 bits per heavy atom. The molecule has 3 atom stereocenters. The molecule has 1 saturated heterocycles. The van der Waals surface area contributed by atoms with Crippen molar-refractivity contribution in [3.05, 3.63) is 35.9 Å². The second-order valence-electron chi connectivity index (χ2n) is 7.97. The van der Waals surface area contributed by atoms with E-state index >= 15 is 0 Å². The molecule has 5 heteroatoms. The Balaban J connectivity index is 2.06. The first-order valence-electron chi connectivity index (χ1n) is 9.33. The number of hydrogen-bond donors (Lipinski definition) is 0. The Morgan fingerprint density at radius 3 is 2.46 bits per heavy atom. The number of ether oxygens (including phenoxy) is 2. The third kappa shape index (κ3) is 5.31. The lowest BCUT2D eigenvalue weighted by Crippen LogP contribution is -2.42. The van der Waals surface area contributed by atoms with Crippen LogP contribution in [-0.4, -0.2) is 42.1 Å². The standard InChI is InChI=1S/C21H31NO4/c1-15(16-9-7-6-8-10-16)22-14-13-17(19(22)20(24)25-5)11-12-18(23)26-21(2,3)4/h6-10,15,17,19H,11-14H2,1-5H3/t15-,17+,19-/m0/s1. The Hall–Kier alpha value is -1.88. The number of nitrogens with zero attached hydrogens (tertiary/aromatic N) is 1. The Kier molecular flexibility index (Phi) is 6.81. The van der Waals surface area contributed by atoms with Gasteiger partial charge in [0.2, 0.25) is 0 Å². The molecule has 0 saturated carbocycles. The SMILES string of the molecule is COC(=O)[C@@H]1[C@H](CCC(=O)OC(C)(C)C)CCN1[C@@H](C)c1ccccc1. The summed E-state index contributed by atoms with van der Waals surface area (Å²) in [6.45, 7) is 8.51. The van der Waals surface area contributed by atoms with E-state index < -0.39 is 5.60 Å². The Bertz CT molecular complexity index is 608. The lowest BCUT2D eigenvalue weighted by molar-refractivity contribution is -0.156. The molecule has 1 aliphatic rings. The van der Waals surface area contributed by atoms with Gasteiger partial charge in [0, 0.05) is 12.5 Å². The Morgan fingerprint density at radius 1 is 1.23 bits per heavy atom. The van der Waals surface area contributed by atoms with Gasteiger partial charge in [-0.2, -0.15) is 0 Å². The van der Waals surface area contributed by atoms with Crippen LogP contribution in [0, 0.1) is 5.92 Å². The molecule has 5 nitrogen and oxygen atoms in total. The quantitative estimate of drug-likeness (QED) is 0.723. The average molecular weight is 361 g/mol. The van der Waals surface area contributed by atoms with Crippen molar-refractivity contribution in [2.45, 2.75) is 64.6 Å². The third-order valence-corrected chi connectivity index (χ3v) is 4.92. The zero-order valence-electron chi connectivity index (χ0n) is 16.5. The molecule has 1 aliphatic heterocycles. The summed E-state index contributed by atoms with van der Waals surface area (Å²) in [4.78, 5) is 26.7. The minimum Gasteiger partial charge on any atom is -0.468 e. The minimum absolute atomic E-state index is 0.0983. The lowest BCUT2D eigenvalue weighted by atomic mass is 9.94. The fourth-order valence-electron chi connectivity index (χ4n) is 3.69. The Labute approximate surface area is 156 Å². The van der Waals surface area contributed by atoms with Crippen LogP contribution in [0.15, 0.2) is 30.3 Å². The number of rotatable bonds is 6. The van der Waals surface area contributed by atoms with Crippen LogP contribution in [0.3, 0.4) is 0 Å². The monoisotopic (exact) mass is 361 g/mol. The fraction of sp³-hybridized carbons (Fsp3) is 0.619. The van der Waals surface area contributed by atoms with Crippen LogP contribution in [0.1, 0.15) is 58.6 Å². The van der Waals surface area contributed by atoms with Gasteiger partial charge in [-0.3, -0.25) is 14.5 Å².